The predicted molar refractivity (Wildman–Crippen MR) is 128 cm³/mol. The highest BCUT2D eigenvalue weighted by atomic mass is 35.5. The van der Waals surface area contributed by atoms with Crippen molar-refractivity contribution in [2.45, 2.75) is 13.2 Å². The van der Waals surface area contributed by atoms with Gasteiger partial charge in [-0.25, -0.2) is 0 Å². The summed E-state index contributed by atoms with van der Waals surface area (Å²) in [5, 5.41) is 10.6. The van der Waals surface area contributed by atoms with Crippen LogP contribution in [0.2, 0.25) is 10.0 Å². The lowest BCUT2D eigenvalue weighted by atomic mass is 10.1. The summed E-state index contributed by atoms with van der Waals surface area (Å²) >= 11 is 12.1. The van der Waals surface area contributed by atoms with Gasteiger partial charge in [-0.3, -0.25) is 14.3 Å². The van der Waals surface area contributed by atoms with Gasteiger partial charge < -0.3 is 19.8 Å². The van der Waals surface area contributed by atoms with Crippen molar-refractivity contribution in [2.24, 2.45) is 7.05 Å². The molecule has 4 aromatic rings. The minimum atomic E-state index is -0.436. The van der Waals surface area contributed by atoms with Gasteiger partial charge in [0, 0.05) is 23.8 Å². The lowest BCUT2D eigenvalue weighted by molar-refractivity contribution is 0.0943. The van der Waals surface area contributed by atoms with E-state index in [4.69, 9.17) is 32.4 Å². The average Bonchev–Trinajstić information content (AvgIpc) is 3.46. The second kappa shape index (κ2) is 10.5. The molecule has 0 saturated carbocycles. The standard InChI is InChI=1S/C24H20Cl2N4O4/c1-30-13-20(22(29-30)24(32)27-12-18-6-3-9-33-18)28-23(31)16-5-2-4-15(10-16)14-34-21-8-7-17(25)11-19(21)26/h2-11,13H,12,14H2,1H3,(H,27,32)(H,28,31). The van der Waals surface area contributed by atoms with Crippen LogP contribution in [0.1, 0.15) is 32.2 Å². The maximum Gasteiger partial charge on any atom is 0.274 e. The van der Waals surface area contributed by atoms with Crippen LogP contribution in [0.3, 0.4) is 0 Å². The number of rotatable bonds is 8. The number of nitrogens with one attached hydrogen (secondary N) is 2. The number of anilines is 1. The molecule has 2 aromatic carbocycles. The Balaban J connectivity index is 1.42. The van der Waals surface area contributed by atoms with Crippen LogP contribution >= 0.6 is 23.2 Å². The van der Waals surface area contributed by atoms with Gasteiger partial charge in [0.1, 0.15) is 18.1 Å². The highest BCUT2D eigenvalue weighted by molar-refractivity contribution is 6.35. The summed E-state index contributed by atoms with van der Waals surface area (Å²) in [5.74, 6) is 0.268. The Bertz CT molecular complexity index is 1320. The Labute approximate surface area is 205 Å². The quantitative estimate of drug-likeness (QED) is 0.352. The minimum absolute atomic E-state index is 0.0966. The van der Waals surface area contributed by atoms with Crippen molar-refractivity contribution in [1.82, 2.24) is 15.1 Å². The van der Waals surface area contributed by atoms with Gasteiger partial charge in [-0.2, -0.15) is 5.10 Å². The molecule has 0 fully saturated rings. The lowest BCUT2D eigenvalue weighted by Gasteiger charge is -2.10. The fraction of sp³-hybridized carbons (Fsp3) is 0.125. The third-order valence-electron chi connectivity index (χ3n) is 4.77. The van der Waals surface area contributed by atoms with Gasteiger partial charge >= 0.3 is 0 Å². The number of ether oxygens (including phenoxy) is 1. The summed E-state index contributed by atoms with van der Waals surface area (Å²) in [6.45, 7) is 0.408. The Kier molecular flexibility index (Phi) is 7.20. The number of benzene rings is 2. The number of furan rings is 1. The number of halogens is 2. The molecule has 2 heterocycles. The van der Waals surface area contributed by atoms with Crippen LogP contribution in [0, 0.1) is 0 Å². The van der Waals surface area contributed by atoms with Crippen molar-refractivity contribution in [1.29, 1.82) is 0 Å². The number of nitrogens with zero attached hydrogens (tertiary/aromatic N) is 2. The Morgan fingerprint density at radius 2 is 1.94 bits per heavy atom. The predicted octanol–water partition coefficient (Wildman–Crippen LogP) is 5.08. The SMILES string of the molecule is Cn1cc(NC(=O)c2cccc(COc3ccc(Cl)cc3Cl)c2)c(C(=O)NCc2ccco2)n1. The largest absolute Gasteiger partial charge is 0.487 e. The molecule has 0 bridgehead atoms. The molecule has 2 amide bonds. The van der Waals surface area contributed by atoms with Crippen LogP contribution in [0.4, 0.5) is 5.69 Å². The molecule has 0 aliphatic heterocycles. The molecule has 0 spiro atoms. The van der Waals surface area contributed by atoms with E-state index in [-0.39, 0.29) is 24.8 Å². The molecule has 0 aliphatic rings. The molecule has 0 radical (unpaired) electrons. The van der Waals surface area contributed by atoms with Gasteiger partial charge in [-0.05, 0) is 48.0 Å². The molecule has 0 atom stereocenters. The molecule has 2 N–H and O–H groups in total. The summed E-state index contributed by atoms with van der Waals surface area (Å²) in [7, 11) is 1.67. The molecule has 2 aromatic heterocycles. The third kappa shape index (κ3) is 5.78. The third-order valence-corrected chi connectivity index (χ3v) is 5.30. The zero-order chi connectivity index (χ0) is 24.1. The van der Waals surface area contributed by atoms with E-state index in [0.29, 0.717) is 32.8 Å². The molecule has 174 valence electrons. The van der Waals surface area contributed by atoms with Crippen molar-refractivity contribution in [3.8, 4) is 5.75 Å². The first-order valence-corrected chi connectivity index (χ1v) is 11.0. The molecule has 0 unspecified atom stereocenters. The Hall–Kier alpha value is -3.75. The molecule has 10 heteroatoms. The van der Waals surface area contributed by atoms with Crippen molar-refractivity contribution < 1.29 is 18.7 Å². The zero-order valence-corrected chi connectivity index (χ0v) is 19.6. The Morgan fingerprint density at radius 3 is 2.71 bits per heavy atom. The van der Waals surface area contributed by atoms with Crippen LogP contribution in [-0.4, -0.2) is 21.6 Å². The number of carbonyl (C=O) groups excluding carboxylic acids is 2. The van der Waals surface area contributed by atoms with E-state index in [9.17, 15) is 9.59 Å². The first-order chi connectivity index (χ1) is 16.4. The first-order valence-electron chi connectivity index (χ1n) is 10.2. The second-order valence-electron chi connectivity index (χ2n) is 7.35. The molecule has 4 rings (SSSR count). The van der Waals surface area contributed by atoms with E-state index in [0.717, 1.165) is 5.56 Å². The normalized spacial score (nSPS) is 10.7. The molecule has 0 saturated heterocycles. The summed E-state index contributed by atoms with van der Waals surface area (Å²) < 4.78 is 12.4. The van der Waals surface area contributed by atoms with E-state index in [1.54, 1.807) is 61.8 Å². The Morgan fingerprint density at radius 1 is 1.09 bits per heavy atom. The summed E-state index contributed by atoms with van der Waals surface area (Å²) in [5.41, 5.74) is 1.55. The number of aromatic nitrogens is 2. The molecule has 8 nitrogen and oxygen atoms in total. The molecular weight excluding hydrogens is 479 g/mol. The molecule has 0 aliphatic carbocycles. The van der Waals surface area contributed by atoms with Crippen molar-refractivity contribution in [2.75, 3.05) is 5.32 Å². The number of hydrogen-bond donors (Lipinski definition) is 2. The highest BCUT2D eigenvalue weighted by Crippen LogP contribution is 2.28. The lowest BCUT2D eigenvalue weighted by Crippen LogP contribution is -2.25. The van der Waals surface area contributed by atoms with E-state index >= 15 is 0 Å². The fourth-order valence-corrected chi connectivity index (χ4v) is 3.63. The van der Waals surface area contributed by atoms with Crippen LogP contribution in [-0.2, 0) is 20.2 Å². The van der Waals surface area contributed by atoms with Crippen molar-refractivity contribution in [3.05, 3.63) is 99.7 Å². The van der Waals surface area contributed by atoms with Crippen LogP contribution < -0.4 is 15.4 Å². The van der Waals surface area contributed by atoms with Crippen LogP contribution in [0.15, 0.2) is 71.5 Å². The summed E-state index contributed by atoms with van der Waals surface area (Å²) in [6.07, 6.45) is 3.09. The van der Waals surface area contributed by atoms with Crippen LogP contribution in [0.25, 0.3) is 0 Å². The second-order valence-corrected chi connectivity index (χ2v) is 8.19. The topological polar surface area (TPSA) is 98.4 Å². The zero-order valence-electron chi connectivity index (χ0n) is 18.0. The van der Waals surface area contributed by atoms with Crippen molar-refractivity contribution >= 4 is 40.7 Å². The summed E-state index contributed by atoms with van der Waals surface area (Å²) in [4.78, 5) is 25.5. The smallest absolute Gasteiger partial charge is 0.274 e. The monoisotopic (exact) mass is 498 g/mol. The number of aryl methyl sites for hydroxylation is 1. The van der Waals surface area contributed by atoms with Gasteiger partial charge in [-0.1, -0.05) is 35.3 Å². The van der Waals surface area contributed by atoms with Gasteiger partial charge in [0.05, 0.1) is 23.5 Å². The van der Waals surface area contributed by atoms with Gasteiger partial charge in [0.25, 0.3) is 11.8 Å². The van der Waals surface area contributed by atoms with E-state index in [2.05, 4.69) is 15.7 Å². The minimum Gasteiger partial charge on any atom is -0.487 e. The summed E-state index contributed by atoms with van der Waals surface area (Å²) in [6, 6.07) is 15.4. The number of carbonyl (C=O) groups is 2. The first kappa shape index (κ1) is 23.4. The molecule has 34 heavy (non-hydrogen) atoms. The number of amides is 2. The fourth-order valence-electron chi connectivity index (χ4n) is 3.16. The maximum absolute atomic E-state index is 12.9. The average molecular weight is 499 g/mol. The highest BCUT2D eigenvalue weighted by Gasteiger charge is 2.19. The molecular formula is C24H20Cl2N4O4. The van der Waals surface area contributed by atoms with Crippen molar-refractivity contribution in [3.63, 3.8) is 0 Å². The van der Waals surface area contributed by atoms with Gasteiger partial charge in [0.15, 0.2) is 5.69 Å². The van der Waals surface area contributed by atoms with E-state index in [1.165, 1.54) is 10.9 Å². The van der Waals surface area contributed by atoms with E-state index < -0.39 is 5.91 Å². The van der Waals surface area contributed by atoms with Gasteiger partial charge in [0.2, 0.25) is 0 Å². The van der Waals surface area contributed by atoms with Crippen LogP contribution in [0.5, 0.6) is 5.75 Å². The number of hydrogen-bond acceptors (Lipinski definition) is 5. The van der Waals surface area contributed by atoms with E-state index in [1.807, 2.05) is 6.07 Å². The van der Waals surface area contributed by atoms with Gasteiger partial charge in [-0.15, -0.1) is 0 Å². The maximum atomic E-state index is 12.9.